The van der Waals surface area contributed by atoms with Crippen LogP contribution in [0.4, 0.5) is 11.6 Å². The number of nitrogens with zero attached hydrogens (tertiary/aromatic N) is 4. The SMILES string of the molecule is Nc1nc(N2CCC3(CC[C@@H]3N)CC2)cnc1Sc1ccnc(Cl)c1Cl. The first-order valence-electron chi connectivity index (χ1n) is 8.59. The number of aromatic nitrogens is 3. The zero-order chi connectivity index (χ0) is 18.3. The maximum absolute atomic E-state index is 6.22. The van der Waals surface area contributed by atoms with Crippen molar-refractivity contribution in [2.75, 3.05) is 23.7 Å². The Bertz CT molecular complexity index is 825. The van der Waals surface area contributed by atoms with Crippen molar-refractivity contribution >= 4 is 46.6 Å². The van der Waals surface area contributed by atoms with Crippen molar-refractivity contribution in [3.8, 4) is 0 Å². The van der Waals surface area contributed by atoms with E-state index in [9.17, 15) is 0 Å². The highest BCUT2D eigenvalue weighted by molar-refractivity contribution is 7.99. The lowest BCUT2D eigenvalue weighted by atomic mass is 9.60. The van der Waals surface area contributed by atoms with Gasteiger partial charge in [-0.15, -0.1) is 0 Å². The van der Waals surface area contributed by atoms with Gasteiger partial charge in [0.2, 0.25) is 0 Å². The molecule has 26 heavy (non-hydrogen) atoms. The van der Waals surface area contributed by atoms with Gasteiger partial charge in [0.15, 0.2) is 5.82 Å². The lowest BCUT2D eigenvalue weighted by molar-refractivity contribution is 0.0610. The summed E-state index contributed by atoms with van der Waals surface area (Å²) < 4.78 is 0. The number of hydrogen-bond donors (Lipinski definition) is 2. The summed E-state index contributed by atoms with van der Waals surface area (Å²) in [5.74, 6) is 1.20. The van der Waals surface area contributed by atoms with E-state index in [0.29, 0.717) is 27.3 Å². The molecule has 0 aromatic carbocycles. The number of hydrogen-bond acceptors (Lipinski definition) is 7. The van der Waals surface area contributed by atoms with Crippen molar-refractivity contribution in [1.82, 2.24) is 15.0 Å². The fourth-order valence-corrected chi connectivity index (χ4v) is 4.94. The lowest BCUT2D eigenvalue weighted by Crippen LogP contribution is -2.56. The van der Waals surface area contributed by atoms with Crippen LogP contribution in [0.25, 0.3) is 0 Å². The number of nitrogen functional groups attached to an aromatic ring is 1. The van der Waals surface area contributed by atoms with Crippen LogP contribution in [0, 0.1) is 5.41 Å². The summed E-state index contributed by atoms with van der Waals surface area (Å²) in [5, 5.41) is 1.26. The molecule has 2 aromatic rings. The molecule has 6 nitrogen and oxygen atoms in total. The first-order chi connectivity index (χ1) is 12.5. The van der Waals surface area contributed by atoms with Gasteiger partial charge in [0, 0.05) is 30.2 Å². The standard InChI is InChI=1S/C17H20Cl2N6S/c18-13-10(2-6-22-14(13)19)26-16-15(21)24-12(9-23-16)25-7-4-17(5-8-25)3-1-11(17)20/h2,6,9,11H,1,3-5,7-8,20H2,(H2,21,24)/t11-/m0/s1. The van der Waals surface area contributed by atoms with Crippen molar-refractivity contribution in [3.05, 3.63) is 28.6 Å². The van der Waals surface area contributed by atoms with Crippen LogP contribution >= 0.6 is 35.0 Å². The second-order valence-corrected chi connectivity index (χ2v) is 8.70. The van der Waals surface area contributed by atoms with Crippen molar-refractivity contribution < 1.29 is 0 Å². The molecule has 2 aliphatic rings. The number of nitrogens with two attached hydrogens (primary N) is 2. The van der Waals surface area contributed by atoms with E-state index in [4.69, 9.17) is 34.7 Å². The van der Waals surface area contributed by atoms with Gasteiger partial charge in [-0.1, -0.05) is 35.0 Å². The number of anilines is 2. The molecule has 0 amide bonds. The highest BCUT2D eigenvalue weighted by Crippen LogP contribution is 2.48. The number of piperidine rings is 1. The maximum Gasteiger partial charge on any atom is 0.158 e. The molecular formula is C17H20Cl2N6S. The number of pyridine rings is 1. The van der Waals surface area contributed by atoms with Crippen LogP contribution in [0.2, 0.25) is 10.2 Å². The van der Waals surface area contributed by atoms with Gasteiger partial charge in [0.25, 0.3) is 0 Å². The molecule has 0 bridgehead atoms. The van der Waals surface area contributed by atoms with Crippen molar-refractivity contribution in [3.63, 3.8) is 0 Å². The van der Waals surface area contributed by atoms with Gasteiger partial charge in [-0.3, -0.25) is 0 Å². The largest absolute Gasteiger partial charge is 0.381 e. The van der Waals surface area contributed by atoms with E-state index in [1.54, 1.807) is 18.5 Å². The molecule has 2 fully saturated rings. The Balaban J connectivity index is 1.47. The molecule has 4 N–H and O–H groups in total. The average molecular weight is 411 g/mol. The Labute approximate surface area is 166 Å². The summed E-state index contributed by atoms with van der Waals surface area (Å²) in [4.78, 5) is 16.0. The van der Waals surface area contributed by atoms with Gasteiger partial charge in [-0.25, -0.2) is 15.0 Å². The van der Waals surface area contributed by atoms with Gasteiger partial charge in [0.05, 0.1) is 11.2 Å². The van der Waals surface area contributed by atoms with E-state index in [2.05, 4.69) is 19.9 Å². The molecule has 1 aliphatic carbocycles. The van der Waals surface area contributed by atoms with Crippen LogP contribution < -0.4 is 16.4 Å². The Hall–Kier alpha value is -1.28. The zero-order valence-electron chi connectivity index (χ0n) is 14.2. The van der Waals surface area contributed by atoms with Crippen LogP contribution in [0.1, 0.15) is 25.7 Å². The third-order valence-electron chi connectivity index (χ3n) is 5.59. The number of rotatable bonds is 3. The quantitative estimate of drug-likeness (QED) is 0.745. The fraction of sp³-hybridized carbons (Fsp3) is 0.471. The summed E-state index contributed by atoms with van der Waals surface area (Å²) in [6.45, 7) is 1.89. The fourth-order valence-electron chi connectivity index (χ4n) is 3.72. The van der Waals surface area contributed by atoms with E-state index in [0.717, 1.165) is 43.1 Å². The Morgan fingerprint density at radius 3 is 2.58 bits per heavy atom. The monoisotopic (exact) mass is 410 g/mol. The molecule has 138 valence electrons. The Kier molecular flexibility index (Phi) is 4.90. The molecule has 1 aliphatic heterocycles. The summed E-state index contributed by atoms with van der Waals surface area (Å²) >= 11 is 13.5. The normalized spacial score (nSPS) is 21.7. The smallest absolute Gasteiger partial charge is 0.158 e. The van der Waals surface area contributed by atoms with Gasteiger partial charge in [0.1, 0.15) is 16.0 Å². The summed E-state index contributed by atoms with van der Waals surface area (Å²) in [6, 6.07) is 2.14. The molecule has 1 atom stereocenters. The van der Waals surface area contributed by atoms with Crippen LogP contribution in [-0.4, -0.2) is 34.1 Å². The molecule has 2 aromatic heterocycles. The van der Waals surface area contributed by atoms with E-state index >= 15 is 0 Å². The first kappa shape index (κ1) is 18.1. The van der Waals surface area contributed by atoms with Crippen molar-refractivity contribution in [2.45, 2.75) is 41.6 Å². The van der Waals surface area contributed by atoms with E-state index in [1.807, 2.05) is 0 Å². The third-order valence-corrected chi connectivity index (χ3v) is 7.54. The Morgan fingerprint density at radius 1 is 1.19 bits per heavy atom. The molecule has 9 heteroatoms. The zero-order valence-corrected chi connectivity index (χ0v) is 16.5. The van der Waals surface area contributed by atoms with Gasteiger partial charge in [-0.05, 0) is 37.2 Å². The third kappa shape index (κ3) is 3.22. The average Bonchev–Trinajstić information content (AvgIpc) is 2.66. The van der Waals surface area contributed by atoms with Crippen LogP contribution in [-0.2, 0) is 0 Å². The summed E-state index contributed by atoms with van der Waals surface area (Å²) in [6.07, 6.45) is 7.99. The van der Waals surface area contributed by atoms with Crippen molar-refractivity contribution in [1.29, 1.82) is 0 Å². The van der Waals surface area contributed by atoms with E-state index < -0.39 is 0 Å². The molecule has 1 spiro atoms. The minimum absolute atomic E-state index is 0.260. The summed E-state index contributed by atoms with van der Waals surface area (Å²) in [5.41, 5.74) is 12.7. The first-order valence-corrected chi connectivity index (χ1v) is 10.2. The molecular weight excluding hydrogens is 391 g/mol. The molecule has 1 saturated carbocycles. The second kappa shape index (κ2) is 7.03. The second-order valence-electron chi connectivity index (χ2n) is 6.93. The molecule has 0 radical (unpaired) electrons. The minimum Gasteiger partial charge on any atom is -0.381 e. The van der Waals surface area contributed by atoms with Gasteiger partial charge in [-0.2, -0.15) is 0 Å². The number of halogens is 2. The molecule has 3 heterocycles. The minimum atomic E-state index is 0.260. The van der Waals surface area contributed by atoms with Crippen LogP contribution in [0.15, 0.2) is 28.4 Å². The predicted molar refractivity (Wildman–Crippen MR) is 106 cm³/mol. The Morgan fingerprint density at radius 2 is 1.96 bits per heavy atom. The highest BCUT2D eigenvalue weighted by atomic mass is 35.5. The van der Waals surface area contributed by atoms with E-state index in [1.165, 1.54) is 18.2 Å². The molecule has 1 saturated heterocycles. The van der Waals surface area contributed by atoms with Gasteiger partial charge < -0.3 is 16.4 Å². The van der Waals surface area contributed by atoms with Crippen LogP contribution in [0.5, 0.6) is 0 Å². The topological polar surface area (TPSA) is 94.0 Å². The predicted octanol–water partition coefficient (Wildman–Crippen LogP) is 3.62. The highest BCUT2D eigenvalue weighted by Gasteiger charge is 2.46. The molecule has 0 unspecified atom stereocenters. The maximum atomic E-state index is 6.22. The van der Waals surface area contributed by atoms with E-state index in [-0.39, 0.29) is 5.15 Å². The van der Waals surface area contributed by atoms with Crippen molar-refractivity contribution in [2.24, 2.45) is 11.1 Å². The van der Waals surface area contributed by atoms with Crippen LogP contribution in [0.3, 0.4) is 0 Å². The van der Waals surface area contributed by atoms with Gasteiger partial charge >= 0.3 is 0 Å². The summed E-state index contributed by atoms with van der Waals surface area (Å²) in [7, 11) is 0. The lowest BCUT2D eigenvalue weighted by Gasteiger charge is -2.52. The molecule has 4 rings (SSSR count).